The number of ether oxygens (including phenoxy) is 1. The molecule has 1 aliphatic rings. The average molecular weight is 255 g/mol. The molecule has 2 atom stereocenters. The van der Waals surface area contributed by atoms with Crippen LogP contribution < -0.4 is 5.32 Å². The number of hydrogen-bond donors (Lipinski definition) is 1. The minimum atomic E-state index is 0.175. The lowest BCUT2D eigenvalue weighted by molar-refractivity contribution is -0.0975. The first-order valence-corrected chi connectivity index (χ1v) is 7.06. The van der Waals surface area contributed by atoms with Crippen LogP contribution in [0.5, 0.6) is 0 Å². The van der Waals surface area contributed by atoms with Gasteiger partial charge in [-0.2, -0.15) is 4.37 Å². The van der Waals surface area contributed by atoms with Gasteiger partial charge in [-0.15, -0.1) is 0 Å². The number of nitrogens with zero attached hydrogens (tertiary/aromatic N) is 2. The molecule has 0 radical (unpaired) electrons. The van der Waals surface area contributed by atoms with E-state index in [1.165, 1.54) is 11.5 Å². The van der Waals surface area contributed by atoms with Crippen LogP contribution in [0.1, 0.15) is 39.9 Å². The Morgan fingerprint density at radius 1 is 1.47 bits per heavy atom. The van der Waals surface area contributed by atoms with Gasteiger partial charge in [0, 0.05) is 36.0 Å². The molecule has 0 aromatic carbocycles. The van der Waals surface area contributed by atoms with Gasteiger partial charge >= 0.3 is 0 Å². The zero-order chi connectivity index (χ0) is 12.5. The second kappa shape index (κ2) is 4.90. The highest BCUT2D eigenvalue weighted by molar-refractivity contribution is 7.09. The predicted molar refractivity (Wildman–Crippen MR) is 70.5 cm³/mol. The van der Waals surface area contributed by atoms with Crippen molar-refractivity contribution in [1.82, 2.24) is 9.36 Å². The van der Waals surface area contributed by atoms with Gasteiger partial charge in [-0.05, 0) is 13.3 Å². The van der Waals surface area contributed by atoms with Gasteiger partial charge in [0.2, 0.25) is 5.13 Å². The smallest absolute Gasteiger partial charge is 0.202 e. The summed E-state index contributed by atoms with van der Waals surface area (Å²) in [7, 11) is 0. The number of anilines is 1. The van der Waals surface area contributed by atoms with Crippen LogP contribution in [0, 0.1) is 5.41 Å². The zero-order valence-corrected chi connectivity index (χ0v) is 11.8. The van der Waals surface area contributed by atoms with Crippen LogP contribution in [-0.4, -0.2) is 28.1 Å². The van der Waals surface area contributed by atoms with Crippen LogP contribution in [0.2, 0.25) is 0 Å². The molecule has 1 heterocycles. The molecule has 4 nitrogen and oxygen atoms in total. The maximum atomic E-state index is 5.71. The summed E-state index contributed by atoms with van der Waals surface area (Å²) in [4.78, 5) is 4.44. The summed E-state index contributed by atoms with van der Waals surface area (Å²) < 4.78 is 10.0. The van der Waals surface area contributed by atoms with Gasteiger partial charge in [-0.3, -0.25) is 0 Å². The molecule has 96 valence electrons. The van der Waals surface area contributed by atoms with Gasteiger partial charge in [0.1, 0.15) is 5.82 Å². The summed E-state index contributed by atoms with van der Waals surface area (Å²) in [5.74, 6) is 0.927. The molecular formula is C12H21N3OS. The minimum Gasteiger partial charge on any atom is -0.378 e. The van der Waals surface area contributed by atoms with Crippen LogP contribution in [0.15, 0.2) is 0 Å². The molecule has 5 heteroatoms. The van der Waals surface area contributed by atoms with Gasteiger partial charge in [0.05, 0.1) is 6.10 Å². The normalized spacial score (nSPS) is 26.6. The lowest BCUT2D eigenvalue weighted by atomic mass is 9.64. The third-order valence-corrected chi connectivity index (χ3v) is 4.31. The molecular weight excluding hydrogens is 234 g/mol. The van der Waals surface area contributed by atoms with Crippen molar-refractivity contribution < 1.29 is 4.74 Å². The fourth-order valence-electron chi connectivity index (χ4n) is 2.22. The monoisotopic (exact) mass is 255 g/mol. The second-order valence-electron chi connectivity index (χ2n) is 5.07. The van der Waals surface area contributed by atoms with Crippen LogP contribution in [0.25, 0.3) is 0 Å². The first-order chi connectivity index (χ1) is 8.07. The minimum absolute atomic E-state index is 0.175. The Kier molecular flexibility index (Phi) is 3.68. The molecule has 0 aliphatic heterocycles. The van der Waals surface area contributed by atoms with E-state index in [1.54, 1.807) is 0 Å². The molecule has 0 spiro atoms. The van der Waals surface area contributed by atoms with Crippen molar-refractivity contribution in [3.63, 3.8) is 0 Å². The summed E-state index contributed by atoms with van der Waals surface area (Å²) in [5.41, 5.74) is 0.175. The van der Waals surface area contributed by atoms with E-state index in [2.05, 4.69) is 42.4 Å². The summed E-state index contributed by atoms with van der Waals surface area (Å²) in [5, 5.41) is 4.42. The van der Waals surface area contributed by atoms with E-state index in [1.807, 2.05) is 0 Å². The van der Waals surface area contributed by atoms with Crippen molar-refractivity contribution in [1.29, 1.82) is 0 Å². The average Bonchev–Trinajstić information content (AvgIpc) is 2.75. The summed E-state index contributed by atoms with van der Waals surface area (Å²) in [6.07, 6.45) is 2.32. The van der Waals surface area contributed by atoms with Gasteiger partial charge in [-0.25, -0.2) is 4.98 Å². The highest BCUT2D eigenvalue weighted by Gasteiger charge is 2.49. The van der Waals surface area contributed by atoms with Crippen molar-refractivity contribution in [2.45, 2.75) is 52.7 Å². The van der Waals surface area contributed by atoms with Crippen LogP contribution in [0.3, 0.4) is 0 Å². The molecule has 2 rings (SSSR count). The van der Waals surface area contributed by atoms with E-state index < -0.39 is 0 Å². The largest absolute Gasteiger partial charge is 0.378 e. The van der Waals surface area contributed by atoms with E-state index >= 15 is 0 Å². The SMILES string of the molecule is CCOC1CC(Nc2nc(CC)ns2)C1(C)C. The summed E-state index contributed by atoms with van der Waals surface area (Å²) in [6, 6.07) is 0.441. The quantitative estimate of drug-likeness (QED) is 0.879. The Bertz CT molecular complexity index is 378. The standard InChI is InChI=1S/C12H21N3OS/c1-5-10-14-11(17-15-10)13-8-7-9(16-6-2)12(8,3)4/h8-9H,5-7H2,1-4H3,(H,13,14,15). The molecule has 1 aliphatic carbocycles. The molecule has 17 heavy (non-hydrogen) atoms. The van der Waals surface area contributed by atoms with E-state index in [9.17, 15) is 0 Å². The highest BCUT2D eigenvalue weighted by atomic mass is 32.1. The van der Waals surface area contributed by atoms with Gasteiger partial charge in [-0.1, -0.05) is 20.8 Å². The molecule has 0 saturated heterocycles. The molecule has 2 unspecified atom stereocenters. The maximum Gasteiger partial charge on any atom is 0.202 e. The Hall–Kier alpha value is -0.680. The number of nitrogens with one attached hydrogen (secondary N) is 1. The first-order valence-electron chi connectivity index (χ1n) is 6.28. The number of aryl methyl sites for hydroxylation is 1. The predicted octanol–water partition coefficient (Wildman–Crippen LogP) is 2.72. The lowest BCUT2D eigenvalue weighted by Gasteiger charge is -2.51. The molecule has 1 fully saturated rings. The van der Waals surface area contributed by atoms with Crippen LogP contribution >= 0.6 is 11.5 Å². The highest BCUT2D eigenvalue weighted by Crippen LogP contribution is 2.44. The topological polar surface area (TPSA) is 47.0 Å². The zero-order valence-electron chi connectivity index (χ0n) is 11.0. The van der Waals surface area contributed by atoms with Crippen molar-refractivity contribution in [3.05, 3.63) is 5.82 Å². The molecule has 1 saturated carbocycles. The second-order valence-corrected chi connectivity index (χ2v) is 5.82. The first kappa shape index (κ1) is 12.8. The van der Waals surface area contributed by atoms with Crippen LogP contribution in [-0.2, 0) is 11.2 Å². The van der Waals surface area contributed by atoms with E-state index in [0.717, 1.165) is 30.4 Å². The van der Waals surface area contributed by atoms with Gasteiger partial charge < -0.3 is 10.1 Å². The van der Waals surface area contributed by atoms with Crippen LogP contribution in [0.4, 0.5) is 5.13 Å². The van der Waals surface area contributed by atoms with E-state index in [0.29, 0.717) is 12.1 Å². The Balaban J connectivity index is 1.93. The molecule has 0 bridgehead atoms. The molecule has 1 aromatic rings. The Morgan fingerprint density at radius 3 is 2.76 bits per heavy atom. The summed E-state index contributed by atoms with van der Waals surface area (Å²) >= 11 is 1.45. The van der Waals surface area contributed by atoms with E-state index in [4.69, 9.17) is 4.74 Å². The van der Waals surface area contributed by atoms with Crippen molar-refractivity contribution >= 4 is 16.7 Å². The third kappa shape index (κ3) is 2.45. The van der Waals surface area contributed by atoms with Crippen molar-refractivity contribution in [2.24, 2.45) is 5.41 Å². The molecule has 1 aromatic heterocycles. The lowest BCUT2D eigenvalue weighted by Crippen LogP contribution is -2.58. The number of rotatable bonds is 5. The molecule has 1 N–H and O–H groups in total. The summed E-state index contributed by atoms with van der Waals surface area (Å²) in [6.45, 7) is 9.41. The van der Waals surface area contributed by atoms with E-state index in [-0.39, 0.29) is 5.41 Å². The fraction of sp³-hybridized carbons (Fsp3) is 0.833. The fourth-order valence-corrected chi connectivity index (χ4v) is 2.92. The third-order valence-electron chi connectivity index (χ3n) is 3.63. The van der Waals surface area contributed by atoms with Gasteiger partial charge in [0.15, 0.2) is 0 Å². The van der Waals surface area contributed by atoms with Gasteiger partial charge in [0.25, 0.3) is 0 Å². The Morgan fingerprint density at radius 2 is 2.24 bits per heavy atom. The van der Waals surface area contributed by atoms with Crippen molar-refractivity contribution in [2.75, 3.05) is 11.9 Å². The van der Waals surface area contributed by atoms with Crippen molar-refractivity contribution in [3.8, 4) is 0 Å². The maximum absolute atomic E-state index is 5.71. The Labute approximate surface area is 107 Å². The molecule has 0 amide bonds. The number of hydrogen-bond acceptors (Lipinski definition) is 5. The number of aromatic nitrogens is 2.